The fourth-order valence-corrected chi connectivity index (χ4v) is 4.52. The van der Waals surface area contributed by atoms with Gasteiger partial charge in [-0.1, -0.05) is 51.0 Å². The third-order valence-corrected chi connectivity index (χ3v) is 6.18. The van der Waals surface area contributed by atoms with Crippen molar-refractivity contribution in [2.75, 3.05) is 19.6 Å². The Kier molecular flexibility index (Phi) is 7.09. The first-order valence-electron chi connectivity index (χ1n) is 10.5. The molecule has 0 aromatic heterocycles. The molecule has 4 heteroatoms. The molecule has 1 aliphatic heterocycles. The average Bonchev–Trinajstić information content (AvgIpc) is 3.36. The SMILES string of the molecule is CCN(CC)Cc1ccc(CNC(=O)[C@H]2CCCN2C2CCCC2)cc1. The maximum absolute atomic E-state index is 12.7. The third-order valence-electron chi connectivity index (χ3n) is 6.18. The molecule has 26 heavy (non-hydrogen) atoms. The second kappa shape index (κ2) is 9.52. The summed E-state index contributed by atoms with van der Waals surface area (Å²) in [6, 6.07) is 9.44. The van der Waals surface area contributed by atoms with Crippen molar-refractivity contribution in [3.63, 3.8) is 0 Å². The van der Waals surface area contributed by atoms with Crippen LogP contribution >= 0.6 is 0 Å². The van der Waals surface area contributed by atoms with Crippen LogP contribution in [0.3, 0.4) is 0 Å². The van der Waals surface area contributed by atoms with Crippen molar-refractivity contribution in [3.05, 3.63) is 35.4 Å². The van der Waals surface area contributed by atoms with Gasteiger partial charge in [-0.3, -0.25) is 14.6 Å². The number of carbonyl (C=O) groups excluding carboxylic acids is 1. The van der Waals surface area contributed by atoms with Gasteiger partial charge in [0.15, 0.2) is 0 Å². The van der Waals surface area contributed by atoms with Crippen LogP contribution in [-0.4, -0.2) is 47.4 Å². The molecule has 1 aromatic carbocycles. The number of hydrogen-bond donors (Lipinski definition) is 1. The molecular formula is C22H35N3O. The highest BCUT2D eigenvalue weighted by Crippen LogP contribution is 2.30. The monoisotopic (exact) mass is 357 g/mol. The summed E-state index contributed by atoms with van der Waals surface area (Å²) in [5.74, 6) is 0.224. The lowest BCUT2D eigenvalue weighted by atomic mass is 10.1. The Hall–Kier alpha value is -1.39. The van der Waals surface area contributed by atoms with Crippen LogP contribution in [0, 0.1) is 0 Å². The summed E-state index contributed by atoms with van der Waals surface area (Å²) in [6.07, 6.45) is 7.39. The molecule has 1 heterocycles. The maximum atomic E-state index is 12.7. The van der Waals surface area contributed by atoms with E-state index in [9.17, 15) is 4.79 Å². The predicted molar refractivity (Wildman–Crippen MR) is 107 cm³/mol. The molecule has 144 valence electrons. The van der Waals surface area contributed by atoms with Gasteiger partial charge in [0.25, 0.3) is 0 Å². The average molecular weight is 358 g/mol. The summed E-state index contributed by atoms with van der Waals surface area (Å²) < 4.78 is 0. The molecule has 4 nitrogen and oxygen atoms in total. The van der Waals surface area contributed by atoms with Gasteiger partial charge in [-0.25, -0.2) is 0 Å². The van der Waals surface area contributed by atoms with Crippen LogP contribution in [0.15, 0.2) is 24.3 Å². The normalized spacial score (nSPS) is 21.6. The minimum atomic E-state index is 0.0973. The molecule has 1 aromatic rings. The van der Waals surface area contributed by atoms with Crippen LogP contribution in [0.4, 0.5) is 0 Å². The number of nitrogens with zero attached hydrogens (tertiary/aromatic N) is 2. The van der Waals surface area contributed by atoms with Gasteiger partial charge in [0.05, 0.1) is 6.04 Å². The van der Waals surface area contributed by atoms with Crippen LogP contribution in [0.1, 0.15) is 63.5 Å². The Morgan fingerprint density at radius 2 is 1.69 bits per heavy atom. The molecule has 1 amide bonds. The third kappa shape index (κ3) is 4.86. The van der Waals surface area contributed by atoms with Crippen molar-refractivity contribution in [1.29, 1.82) is 0 Å². The summed E-state index contributed by atoms with van der Waals surface area (Å²) in [5.41, 5.74) is 2.53. The van der Waals surface area contributed by atoms with Gasteiger partial charge in [0, 0.05) is 19.1 Å². The van der Waals surface area contributed by atoms with Gasteiger partial charge in [-0.15, -0.1) is 0 Å². The number of hydrogen-bond acceptors (Lipinski definition) is 3. The van der Waals surface area contributed by atoms with Gasteiger partial charge in [0.2, 0.25) is 5.91 Å². The molecule has 1 N–H and O–H groups in total. The van der Waals surface area contributed by atoms with Gasteiger partial charge >= 0.3 is 0 Å². The fraction of sp³-hybridized carbons (Fsp3) is 0.682. The van der Waals surface area contributed by atoms with Crippen LogP contribution < -0.4 is 5.32 Å². The van der Waals surface area contributed by atoms with E-state index in [-0.39, 0.29) is 11.9 Å². The molecule has 2 aliphatic rings. The first-order valence-corrected chi connectivity index (χ1v) is 10.5. The standard InChI is InChI=1S/C22H35N3O/c1-3-24(4-2)17-19-13-11-18(12-14-19)16-23-22(26)21-10-7-15-25(21)20-8-5-6-9-20/h11-14,20-21H,3-10,15-17H2,1-2H3,(H,23,26)/t21-/m1/s1. The van der Waals surface area contributed by atoms with Crippen LogP contribution in [-0.2, 0) is 17.9 Å². The van der Waals surface area contributed by atoms with Crippen LogP contribution in [0.25, 0.3) is 0 Å². The first-order chi connectivity index (χ1) is 12.7. The van der Waals surface area contributed by atoms with Gasteiger partial charge < -0.3 is 5.32 Å². The van der Waals surface area contributed by atoms with Crippen molar-refractivity contribution in [2.45, 2.75) is 77.5 Å². The molecule has 1 aliphatic carbocycles. The zero-order valence-corrected chi connectivity index (χ0v) is 16.5. The summed E-state index contributed by atoms with van der Waals surface area (Å²) in [7, 11) is 0. The topological polar surface area (TPSA) is 35.6 Å². The summed E-state index contributed by atoms with van der Waals surface area (Å²) in [4.78, 5) is 17.6. The lowest BCUT2D eigenvalue weighted by Crippen LogP contribution is -2.46. The van der Waals surface area contributed by atoms with Gasteiger partial charge in [0.1, 0.15) is 0 Å². The van der Waals surface area contributed by atoms with E-state index < -0.39 is 0 Å². The Morgan fingerprint density at radius 3 is 2.35 bits per heavy atom. The van der Waals surface area contributed by atoms with Crippen molar-refractivity contribution >= 4 is 5.91 Å². The Morgan fingerprint density at radius 1 is 1.04 bits per heavy atom. The quantitative estimate of drug-likeness (QED) is 0.773. The van der Waals surface area contributed by atoms with Gasteiger partial charge in [-0.2, -0.15) is 0 Å². The zero-order chi connectivity index (χ0) is 18.4. The Balaban J connectivity index is 1.49. The summed E-state index contributed by atoms with van der Waals surface area (Å²) in [5, 5.41) is 3.19. The van der Waals surface area contributed by atoms with E-state index in [0.717, 1.165) is 39.0 Å². The number of benzene rings is 1. The minimum absolute atomic E-state index is 0.0973. The minimum Gasteiger partial charge on any atom is -0.351 e. The number of amides is 1. The van der Waals surface area contributed by atoms with Crippen LogP contribution in [0.2, 0.25) is 0 Å². The molecule has 1 saturated carbocycles. The van der Waals surface area contributed by atoms with E-state index in [1.54, 1.807) is 0 Å². The summed E-state index contributed by atoms with van der Waals surface area (Å²) in [6.45, 7) is 9.29. The molecule has 0 spiro atoms. The molecule has 3 rings (SSSR count). The number of carbonyl (C=O) groups is 1. The van der Waals surface area contributed by atoms with E-state index in [0.29, 0.717) is 12.6 Å². The summed E-state index contributed by atoms with van der Waals surface area (Å²) >= 11 is 0. The fourth-order valence-electron chi connectivity index (χ4n) is 4.52. The lowest BCUT2D eigenvalue weighted by molar-refractivity contribution is -0.126. The predicted octanol–water partition coefficient (Wildman–Crippen LogP) is 3.55. The first kappa shape index (κ1) is 19.4. The molecule has 2 fully saturated rings. The molecular weight excluding hydrogens is 322 g/mol. The maximum Gasteiger partial charge on any atom is 0.237 e. The Bertz CT molecular complexity index is 561. The smallest absolute Gasteiger partial charge is 0.237 e. The zero-order valence-electron chi connectivity index (χ0n) is 16.5. The van der Waals surface area contributed by atoms with Crippen molar-refractivity contribution in [2.24, 2.45) is 0 Å². The number of rotatable bonds is 8. The highest BCUT2D eigenvalue weighted by Gasteiger charge is 2.36. The highest BCUT2D eigenvalue weighted by atomic mass is 16.2. The molecule has 0 radical (unpaired) electrons. The van der Waals surface area contributed by atoms with E-state index in [1.165, 1.54) is 36.8 Å². The number of nitrogens with one attached hydrogen (secondary N) is 1. The molecule has 0 unspecified atom stereocenters. The molecule has 0 bridgehead atoms. The highest BCUT2D eigenvalue weighted by molar-refractivity contribution is 5.82. The second-order valence-electron chi connectivity index (χ2n) is 7.83. The van der Waals surface area contributed by atoms with E-state index in [2.05, 4.69) is 53.2 Å². The second-order valence-corrected chi connectivity index (χ2v) is 7.83. The van der Waals surface area contributed by atoms with Crippen molar-refractivity contribution < 1.29 is 4.79 Å². The van der Waals surface area contributed by atoms with E-state index in [1.807, 2.05) is 0 Å². The van der Waals surface area contributed by atoms with E-state index in [4.69, 9.17) is 0 Å². The largest absolute Gasteiger partial charge is 0.351 e. The molecule has 1 atom stereocenters. The van der Waals surface area contributed by atoms with Crippen molar-refractivity contribution in [3.8, 4) is 0 Å². The van der Waals surface area contributed by atoms with Crippen LogP contribution in [0.5, 0.6) is 0 Å². The molecule has 1 saturated heterocycles. The Labute approximate surface area is 158 Å². The lowest BCUT2D eigenvalue weighted by Gasteiger charge is -2.29. The van der Waals surface area contributed by atoms with Gasteiger partial charge in [-0.05, 0) is 56.4 Å². The van der Waals surface area contributed by atoms with Crippen molar-refractivity contribution in [1.82, 2.24) is 15.1 Å². The number of likely N-dealkylation sites (tertiary alicyclic amines) is 1. The van der Waals surface area contributed by atoms with E-state index >= 15 is 0 Å².